The first-order chi connectivity index (χ1) is 17.7. The molecule has 6 atom stereocenters. The lowest BCUT2D eigenvalue weighted by Crippen LogP contribution is -2.57. The Morgan fingerprint density at radius 2 is 1.97 bits per heavy atom. The highest BCUT2D eigenvalue weighted by atomic mass is 35.5. The number of ether oxygens (including phenoxy) is 2. The molecule has 3 fully saturated rings. The van der Waals surface area contributed by atoms with E-state index in [2.05, 4.69) is 13.2 Å². The second-order valence-corrected chi connectivity index (χ2v) is 10.7. The number of nitrogens with zero attached hydrogens (tertiary/aromatic N) is 2. The lowest BCUT2D eigenvalue weighted by Gasteiger charge is -2.37. The second kappa shape index (κ2) is 10.6. The molecular formula is C28H35ClN2O6. The van der Waals surface area contributed by atoms with Crippen LogP contribution >= 0.6 is 11.6 Å². The number of esters is 1. The molecule has 9 heteroatoms. The summed E-state index contributed by atoms with van der Waals surface area (Å²) in [5.74, 6) is -2.89. The summed E-state index contributed by atoms with van der Waals surface area (Å²) in [4.78, 5) is 44.8. The Morgan fingerprint density at radius 1 is 1.27 bits per heavy atom. The molecule has 0 aliphatic carbocycles. The Morgan fingerprint density at radius 3 is 2.59 bits per heavy atom. The first kappa shape index (κ1) is 27.4. The molecule has 2 bridgehead atoms. The summed E-state index contributed by atoms with van der Waals surface area (Å²) in [6.07, 6.45) is 4.56. The van der Waals surface area contributed by atoms with Crippen LogP contribution in [0.2, 0.25) is 5.02 Å². The number of benzene rings is 1. The molecule has 1 spiro atoms. The highest BCUT2D eigenvalue weighted by Crippen LogP contribution is 2.65. The molecule has 1 aromatic rings. The fourth-order valence-corrected chi connectivity index (χ4v) is 6.59. The predicted octanol–water partition coefficient (Wildman–Crippen LogP) is 3.37. The topological polar surface area (TPSA) is 96.4 Å². The molecule has 3 aliphatic heterocycles. The Balaban J connectivity index is 1.79. The molecule has 3 unspecified atom stereocenters. The molecule has 2 amide bonds. The summed E-state index contributed by atoms with van der Waals surface area (Å²) in [7, 11) is 0. The number of likely N-dealkylation sites (tertiary alicyclic amines) is 1. The van der Waals surface area contributed by atoms with Crippen LogP contribution in [0.4, 0.5) is 5.69 Å². The third-order valence-corrected chi connectivity index (χ3v) is 8.42. The van der Waals surface area contributed by atoms with Gasteiger partial charge in [0.2, 0.25) is 5.91 Å². The van der Waals surface area contributed by atoms with E-state index in [0.29, 0.717) is 30.0 Å². The Hall–Kier alpha value is -2.68. The lowest BCUT2D eigenvalue weighted by atomic mass is 9.62. The van der Waals surface area contributed by atoms with Gasteiger partial charge in [-0.25, -0.2) is 0 Å². The fourth-order valence-electron chi connectivity index (χ4n) is 6.46. The van der Waals surface area contributed by atoms with Crippen molar-refractivity contribution >= 4 is 35.1 Å². The number of aliphatic hydroxyl groups is 1. The van der Waals surface area contributed by atoms with Crippen LogP contribution in [0.5, 0.6) is 0 Å². The van der Waals surface area contributed by atoms with Gasteiger partial charge in [0.25, 0.3) is 5.91 Å². The first-order valence-electron chi connectivity index (χ1n) is 12.7. The van der Waals surface area contributed by atoms with Gasteiger partial charge in [0, 0.05) is 30.4 Å². The minimum absolute atomic E-state index is 0.0231. The second-order valence-electron chi connectivity index (χ2n) is 10.3. The quantitative estimate of drug-likeness (QED) is 0.268. The van der Waals surface area contributed by atoms with Crippen LogP contribution in [0.3, 0.4) is 0 Å². The average molecular weight is 531 g/mol. The van der Waals surface area contributed by atoms with Gasteiger partial charge in [-0.2, -0.15) is 0 Å². The minimum Gasteiger partial charge on any atom is -0.461 e. The van der Waals surface area contributed by atoms with Gasteiger partial charge in [0.05, 0.1) is 11.5 Å². The maximum absolute atomic E-state index is 14.4. The van der Waals surface area contributed by atoms with Gasteiger partial charge in [-0.1, -0.05) is 37.3 Å². The van der Waals surface area contributed by atoms with Crippen LogP contribution in [-0.2, 0) is 23.9 Å². The van der Waals surface area contributed by atoms with E-state index < -0.39 is 35.0 Å². The minimum atomic E-state index is -1.18. The number of hydrogen-bond acceptors (Lipinski definition) is 6. The number of anilines is 1. The zero-order chi connectivity index (χ0) is 27.0. The number of amides is 2. The normalized spacial score (nSPS) is 31.8. The fraction of sp³-hybridized carbons (Fsp3) is 0.536. The molecule has 1 aromatic carbocycles. The number of carbonyl (C=O) groups excluding carboxylic acids is 3. The van der Waals surface area contributed by atoms with Crippen molar-refractivity contribution in [3.63, 3.8) is 0 Å². The average Bonchev–Trinajstić information content (AvgIpc) is 3.38. The zero-order valence-electron chi connectivity index (χ0n) is 21.4. The van der Waals surface area contributed by atoms with Crippen molar-refractivity contribution in [2.75, 3.05) is 31.2 Å². The van der Waals surface area contributed by atoms with Crippen LogP contribution in [-0.4, -0.2) is 71.3 Å². The van der Waals surface area contributed by atoms with Gasteiger partial charge in [0.15, 0.2) is 0 Å². The highest BCUT2D eigenvalue weighted by Gasteiger charge is 2.80. The van der Waals surface area contributed by atoms with E-state index in [0.717, 1.165) is 0 Å². The molecule has 4 rings (SSSR count). The molecule has 0 aromatic heterocycles. The maximum atomic E-state index is 14.4. The largest absolute Gasteiger partial charge is 0.461 e. The van der Waals surface area contributed by atoms with E-state index in [4.69, 9.17) is 21.1 Å². The molecule has 3 saturated heterocycles. The first-order valence-corrected chi connectivity index (χ1v) is 13.1. The number of hydrogen-bond donors (Lipinski definition) is 1. The van der Waals surface area contributed by atoms with Crippen molar-refractivity contribution in [3.05, 3.63) is 54.6 Å². The molecule has 1 N–H and O–H groups in total. The molecule has 37 heavy (non-hydrogen) atoms. The van der Waals surface area contributed by atoms with Crippen LogP contribution in [0.1, 0.15) is 33.1 Å². The van der Waals surface area contributed by atoms with E-state index >= 15 is 0 Å². The monoisotopic (exact) mass is 530 g/mol. The number of carbonyl (C=O) groups is 3. The number of rotatable bonds is 11. The molecule has 0 radical (unpaired) electrons. The highest BCUT2D eigenvalue weighted by molar-refractivity contribution is 6.30. The smallest absolute Gasteiger partial charge is 0.313 e. The predicted molar refractivity (Wildman–Crippen MR) is 140 cm³/mol. The maximum Gasteiger partial charge on any atom is 0.313 e. The van der Waals surface area contributed by atoms with Gasteiger partial charge >= 0.3 is 5.97 Å². The molecule has 0 saturated carbocycles. The van der Waals surface area contributed by atoms with Crippen molar-refractivity contribution in [3.8, 4) is 0 Å². The third-order valence-electron chi connectivity index (χ3n) is 8.17. The van der Waals surface area contributed by atoms with Crippen molar-refractivity contribution < 1.29 is 29.0 Å². The Labute approximate surface area is 222 Å². The lowest BCUT2D eigenvalue weighted by molar-refractivity contribution is -0.160. The number of fused-ring (bicyclic) bond motifs is 1. The third kappa shape index (κ3) is 4.39. The number of aliphatic hydroxyl groups excluding tert-OH is 1. The Bertz CT molecular complexity index is 1080. The zero-order valence-corrected chi connectivity index (χ0v) is 22.2. The molecule has 8 nitrogen and oxygen atoms in total. The van der Waals surface area contributed by atoms with Gasteiger partial charge in [-0.05, 0) is 56.4 Å². The van der Waals surface area contributed by atoms with Crippen LogP contribution < -0.4 is 4.90 Å². The summed E-state index contributed by atoms with van der Waals surface area (Å²) in [6.45, 7) is 11.7. The SMILES string of the molecule is C=CCOC(=O)[C@@H]1[C@H]2C(=O)N(CCCCO)C(C(=O)N(CC=C)c3ccc(Cl)cc3)C23CC(C)[C@@]1(C)O3. The van der Waals surface area contributed by atoms with Crippen molar-refractivity contribution in [1.82, 2.24) is 4.90 Å². The van der Waals surface area contributed by atoms with Gasteiger partial charge in [-0.3, -0.25) is 14.4 Å². The van der Waals surface area contributed by atoms with E-state index in [1.807, 2.05) is 13.8 Å². The summed E-state index contributed by atoms with van der Waals surface area (Å²) in [5.41, 5.74) is -1.51. The van der Waals surface area contributed by atoms with E-state index in [-0.39, 0.29) is 44.0 Å². The van der Waals surface area contributed by atoms with Crippen LogP contribution in [0, 0.1) is 17.8 Å². The standard InChI is InChI=1S/C28H35ClN2O6/c1-5-13-30(20-11-9-19(29)10-12-20)25(34)23-28-17-18(3)27(4,37-28)22(26(35)36-16-6-2)21(28)24(33)31(23)14-7-8-15-32/h5-6,9-12,18,21-23,32H,1-2,7-8,13-17H2,3-4H3/t18?,21-,22-,23?,27+,28?/m0/s1. The van der Waals surface area contributed by atoms with E-state index in [1.165, 1.54) is 6.08 Å². The van der Waals surface area contributed by atoms with E-state index in [9.17, 15) is 19.5 Å². The van der Waals surface area contributed by atoms with Gasteiger partial charge < -0.3 is 24.4 Å². The van der Waals surface area contributed by atoms with Crippen LogP contribution in [0.15, 0.2) is 49.6 Å². The number of unbranched alkanes of at least 4 members (excludes halogenated alkanes) is 1. The summed E-state index contributed by atoms with van der Waals surface area (Å²) < 4.78 is 12.1. The van der Waals surface area contributed by atoms with Crippen molar-refractivity contribution in [2.24, 2.45) is 17.8 Å². The van der Waals surface area contributed by atoms with Gasteiger partial charge in [-0.15, -0.1) is 6.58 Å². The summed E-state index contributed by atoms with van der Waals surface area (Å²) >= 11 is 6.08. The molecule has 3 heterocycles. The van der Waals surface area contributed by atoms with Crippen molar-refractivity contribution in [2.45, 2.75) is 50.4 Å². The number of halogens is 1. The molecule has 200 valence electrons. The summed E-state index contributed by atoms with van der Waals surface area (Å²) in [6, 6.07) is 5.95. The van der Waals surface area contributed by atoms with Crippen molar-refractivity contribution in [1.29, 1.82) is 0 Å². The van der Waals surface area contributed by atoms with Gasteiger partial charge in [0.1, 0.15) is 24.2 Å². The Kier molecular flexibility index (Phi) is 7.83. The van der Waals surface area contributed by atoms with E-state index in [1.54, 1.807) is 40.1 Å². The molecule has 3 aliphatic rings. The van der Waals surface area contributed by atoms with Crippen LogP contribution in [0.25, 0.3) is 0 Å². The molecular weight excluding hydrogens is 496 g/mol. The summed E-state index contributed by atoms with van der Waals surface area (Å²) in [5, 5.41) is 9.88.